The molecule has 0 bridgehead atoms. The molecule has 0 atom stereocenters. The van der Waals surface area contributed by atoms with Crippen LogP contribution in [0.3, 0.4) is 0 Å². The average Bonchev–Trinajstić information content (AvgIpc) is 2.87. The number of carbonyl (C=O) groups excluding carboxylic acids is 1. The highest BCUT2D eigenvalue weighted by molar-refractivity contribution is 6.35. The fraction of sp³-hybridized carbons (Fsp3) is 0.429. The molecule has 4 heteroatoms. The van der Waals surface area contributed by atoms with E-state index in [2.05, 4.69) is 9.97 Å². The van der Waals surface area contributed by atoms with Crippen molar-refractivity contribution in [2.24, 2.45) is 5.92 Å². The molecule has 0 saturated heterocycles. The smallest absolute Gasteiger partial charge is 0.168 e. The van der Waals surface area contributed by atoms with Crippen LogP contribution in [0, 0.1) is 5.92 Å². The van der Waals surface area contributed by atoms with Crippen molar-refractivity contribution in [3.8, 4) is 0 Å². The Morgan fingerprint density at radius 1 is 1.33 bits per heavy atom. The van der Waals surface area contributed by atoms with Crippen molar-refractivity contribution in [1.29, 1.82) is 0 Å². The number of nitrogens with zero attached hydrogens (tertiary/aromatic N) is 1. The van der Waals surface area contributed by atoms with E-state index < -0.39 is 0 Å². The third-order valence-electron chi connectivity index (χ3n) is 3.76. The lowest BCUT2D eigenvalue weighted by Crippen LogP contribution is -2.18. The minimum Gasteiger partial charge on any atom is -0.346 e. The molecule has 0 aromatic carbocycles. The number of fused-ring (bicyclic) bond motifs is 1. The van der Waals surface area contributed by atoms with Gasteiger partial charge in [0.2, 0.25) is 0 Å². The maximum atomic E-state index is 12.6. The molecule has 1 aliphatic rings. The first-order chi connectivity index (χ1) is 8.77. The van der Waals surface area contributed by atoms with Gasteiger partial charge >= 0.3 is 0 Å². The van der Waals surface area contributed by atoms with E-state index in [0.717, 1.165) is 36.7 Å². The number of carbonyl (C=O) groups is 1. The topological polar surface area (TPSA) is 45.8 Å². The SMILES string of the molecule is O=C(c1c(Cl)cnc2[nH]ccc12)C1CCCCC1. The standard InChI is InChI=1S/C14H15ClN2O/c15-11-8-17-14-10(6-7-16-14)12(11)13(18)9-4-2-1-3-5-9/h6-9H,1-5H2,(H,16,17). The molecule has 94 valence electrons. The number of hydrogen-bond donors (Lipinski definition) is 1. The predicted octanol–water partition coefficient (Wildman–Crippen LogP) is 3.98. The second-order valence-corrected chi connectivity index (χ2v) is 5.33. The van der Waals surface area contributed by atoms with E-state index in [0.29, 0.717) is 10.6 Å². The van der Waals surface area contributed by atoms with Gasteiger partial charge in [-0.15, -0.1) is 0 Å². The van der Waals surface area contributed by atoms with Crippen molar-refractivity contribution >= 4 is 28.4 Å². The van der Waals surface area contributed by atoms with E-state index in [9.17, 15) is 4.79 Å². The zero-order valence-electron chi connectivity index (χ0n) is 10.1. The fourth-order valence-electron chi connectivity index (χ4n) is 2.80. The first-order valence-electron chi connectivity index (χ1n) is 6.43. The van der Waals surface area contributed by atoms with Crippen LogP contribution in [0.2, 0.25) is 5.02 Å². The highest BCUT2D eigenvalue weighted by Crippen LogP contribution is 2.32. The van der Waals surface area contributed by atoms with E-state index in [-0.39, 0.29) is 11.7 Å². The number of aromatic amines is 1. The van der Waals surface area contributed by atoms with Crippen molar-refractivity contribution in [2.45, 2.75) is 32.1 Å². The molecule has 1 saturated carbocycles. The van der Waals surface area contributed by atoms with Crippen LogP contribution >= 0.6 is 11.6 Å². The van der Waals surface area contributed by atoms with E-state index in [1.54, 1.807) is 12.4 Å². The molecule has 0 radical (unpaired) electrons. The van der Waals surface area contributed by atoms with E-state index in [1.807, 2.05) is 6.07 Å². The molecule has 0 aliphatic heterocycles. The van der Waals surface area contributed by atoms with Gasteiger partial charge < -0.3 is 4.98 Å². The van der Waals surface area contributed by atoms with Gasteiger partial charge in [0.15, 0.2) is 5.78 Å². The Morgan fingerprint density at radius 3 is 2.89 bits per heavy atom. The summed E-state index contributed by atoms with van der Waals surface area (Å²) >= 11 is 6.18. The van der Waals surface area contributed by atoms with E-state index in [4.69, 9.17) is 11.6 Å². The molecule has 2 heterocycles. The lowest BCUT2D eigenvalue weighted by atomic mass is 9.83. The fourth-order valence-corrected chi connectivity index (χ4v) is 3.05. The van der Waals surface area contributed by atoms with Crippen molar-refractivity contribution < 1.29 is 4.79 Å². The number of aromatic nitrogens is 2. The molecule has 2 aromatic rings. The van der Waals surface area contributed by atoms with E-state index >= 15 is 0 Å². The highest BCUT2D eigenvalue weighted by Gasteiger charge is 2.26. The molecule has 3 rings (SSSR count). The van der Waals surface area contributed by atoms with Gasteiger partial charge in [0.05, 0.1) is 5.02 Å². The summed E-state index contributed by atoms with van der Waals surface area (Å²) < 4.78 is 0. The monoisotopic (exact) mass is 262 g/mol. The average molecular weight is 263 g/mol. The summed E-state index contributed by atoms with van der Waals surface area (Å²) in [4.78, 5) is 19.8. The van der Waals surface area contributed by atoms with Crippen LogP contribution in [0.1, 0.15) is 42.5 Å². The molecule has 0 amide bonds. The summed E-state index contributed by atoms with van der Waals surface area (Å²) in [5.41, 5.74) is 1.38. The normalized spacial score (nSPS) is 17.2. The Balaban J connectivity index is 2.04. The lowest BCUT2D eigenvalue weighted by molar-refractivity contribution is 0.0891. The maximum Gasteiger partial charge on any atom is 0.168 e. The zero-order valence-corrected chi connectivity index (χ0v) is 10.8. The number of halogens is 1. The van der Waals surface area contributed by atoms with Gasteiger partial charge in [0.25, 0.3) is 0 Å². The summed E-state index contributed by atoms with van der Waals surface area (Å²) in [6.07, 6.45) is 8.88. The minimum atomic E-state index is 0.136. The van der Waals surface area contributed by atoms with Gasteiger partial charge in [0, 0.05) is 29.3 Å². The Kier molecular flexibility index (Phi) is 3.08. The van der Waals surface area contributed by atoms with Gasteiger partial charge in [-0.05, 0) is 18.9 Å². The third-order valence-corrected chi connectivity index (χ3v) is 4.05. The van der Waals surface area contributed by atoms with Crippen LogP contribution < -0.4 is 0 Å². The maximum absolute atomic E-state index is 12.6. The summed E-state index contributed by atoms with van der Waals surface area (Å²) in [6, 6.07) is 1.88. The van der Waals surface area contributed by atoms with Crippen LogP contribution in [0.25, 0.3) is 11.0 Å². The number of pyridine rings is 1. The Morgan fingerprint density at radius 2 is 2.11 bits per heavy atom. The molecule has 2 aromatic heterocycles. The largest absolute Gasteiger partial charge is 0.346 e. The number of ketones is 1. The van der Waals surface area contributed by atoms with Crippen LogP contribution in [0.4, 0.5) is 0 Å². The summed E-state index contributed by atoms with van der Waals surface area (Å²) in [6.45, 7) is 0. The second kappa shape index (κ2) is 4.73. The van der Waals surface area contributed by atoms with Gasteiger partial charge in [-0.25, -0.2) is 4.98 Å². The summed E-state index contributed by atoms with van der Waals surface area (Å²) in [7, 11) is 0. The van der Waals surface area contributed by atoms with Crippen molar-refractivity contribution in [3.05, 3.63) is 29.0 Å². The predicted molar refractivity (Wildman–Crippen MR) is 72.0 cm³/mol. The second-order valence-electron chi connectivity index (χ2n) is 4.92. The third kappa shape index (κ3) is 1.93. The molecule has 0 unspecified atom stereocenters. The van der Waals surface area contributed by atoms with Crippen LogP contribution in [0.15, 0.2) is 18.5 Å². The molecular weight excluding hydrogens is 248 g/mol. The zero-order chi connectivity index (χ0) is 12.5. The minimum absolute atomic E-state index is 0.136. The van der Waals surface area contributed by atoms with Crippen molar-refractivity contribution in [1.82, 2.24) is 9.97 Å². The van der Waals surface area contributed by atoms with Gasteiger partial charge in [-0.3, -0.25) is 4.79 Å². The Hall–Kier alpha value is -1.35. The molecule has 1 N–H and O–H groups in total. The molecular formula is C14H15ClN2O. The molecule has 1 aliphatic carbocycles. The lowest BCUT2D eigenvalue weighted by Gasteiger charge is -2.20. The first-order valence-corrected chi connectivity index (χ1v) is 6.81. The molecule has 18 heavy (non-hydrogen) atoms. The van der Waals surface area contributed by atoms with E-state index in [1.165, 1.54) is 6.42 Å². The quantitative estimate of drug-likeness (QED) is 0.832. The Labute approximate surface area is 111 Å². The number of nitrogens with one attached hydrogen (secondary N) is 1. The molecule has 0 spiro atoms. The number of Topliss-reactive ketones (excluding diaryl/α,β-unsaturated/α-hetero) is 1. The summed E-state index contributed by atoms with van der Waals surface area (Å²) in [5.74, 6) is 0.323. The van der Waals surface area contributed by atoms with Gasteiger partial charge in [-0.1, -0.05) is 30.9 Å². The number of rotatable bonds is 2. The van der Waals surface area contributed by atoms with Crippen molar-refractivity contribution in [2.75, 3.05) is 0 Å². The first kappa shape index (κ1) is 11.7. The number of H-pyrrole nitrogens is 1. The number of hydrogen-bond acceptors (Lipinski definition) is 2. The summed E-state index contributed by atoms with van der Waals surface area (Å²) in [5, 5.41) is 1.32. The van der Waals surface area contributed by atoms with Crippen LogP contribution in [0.5, 0.6) is 0 Å². The van der Waals surface area contributed by atoms with Gasteiger partial charge in [0.1, 0.15) is 5.65 Å². The highest BCUT2D eigenvalue weighted by atomic mass is 35.5. The van der Waals surface area contributed by atoms with Crippen molar-refractivity contribution in [3.63, 3.8) is 0 Å². The van der Waals surface area contributed by atoms with Gasteiger partial charge in [-0.2, -0.15) is 0 Å². The Bertz CT molecular complexity index is 584. The van der Waals surface area contributed by atoms with Crippen LogP contribution in [-0.2, 0) is 0 Å². The molecule has 1 fully saturated rings. The van der Waals surface area contributed by atoms with Crippen LogP contribution in [-0.4, -0.2) is 15.8 Å². The molecule has 3 nitrogen and oxygen atoms in total.